The Morgan fingerprint density at radius 1 is 1.09 bits per heavy atom. The van der Waals surface area contributed by atoms with Gasteiger partial charge < -0.3 is 20.7 Å². The Bertz CT molecular complexity index is 299. The maximum atomic E-state index is 11.4. The molecule has 0 spiro atoms. The first-order valence-electron chi connectivity index (χ1n) is 7.99. The van der Waals surface area contributed by atoms with Gasteiger partial charge in [0, 0.05) is 45.3 Å². The van der Waals surface area contributed by atoms with Crippen LogP contribution in [-0.4, -0.2) is 51.3 Å². The molecule has 0 atom stereocenters. The van der Waals surface area contributed by atoms with E-state index < -0.39 is 0 Å². The standard InChI is InChI=1S/C15H32N4O2.HI/c1-5-16-15(18-9-7-8-12-21-6-2)19-11-10-17-14(20)13(3)4;/h13H,5-12H2,1-4H3,(H,17,20)(H2,16,18,19);1H. The molecule has 0 rings (SSSR count). The molecule has 22 heavy (non-hydrogen) atoms. The van der Waals surface area contributed by atoms with Gasteiger partial charge in [-0.05, 0) is 26.7 Å². The highest BCUT2D eigenvalue weighted by molar-refractivity contribution is 14.0. The minimum absolute atomic E-state index is 0. The predicted molar refractivity (Wildman–Crippen MR) is 103 cm³/mol. The number of hydrogen-bond acceptors (Lipinski definition) is 3. The molecule has 0 saturated carbocycles. The van der Waals surface area contributed by atoms with Crippen molar-refractivity contribution in [1.82, 2.24) is 16.0 Å². The number of amides is 1. The first kappa shape index (κ1) is 23.7. The van der Waals surface area contributed by atoms with Crippen molar-refractivity contribution in [2.75, 3.05) is 39.4 Å². The van der Waals surface area contributed by atoms with Crippen LogP contribution < -0.4 is 16.0 Å². The number of halogens is 1. The van der Waals surface area contributed by atoms with E-state index in [1.165, 1.54) is 0 Å². The summed E-state index contributed by atoms with van der Waals surface area (Å²) >= 11 is 0. The number of aliphatic imine (C=N–C) groups is 1. The molecule has 0 aliphatic heterocycles. The number of rotatable bonds is 11. The molecule has 0 bridgehead atoms. The third-order valence-corrected chi connectivity index (χ3v) is 2.76. The molecule has 0 aliphatic rings. The molecule has 0 fully saturated rings. The maximum absolute atomic E-state index is 11.4. The normalized spacial score (nSPS) is 11.0. The van der Waals surface area contributed by atoms with Gasteiger partial charge in [0.05, 0.1) is 0 Å². The topological polar surface area (TPSA) is 74.8 Å². The fourth-order valence-corrected chi connectivity index (χ4v) is 1.56. The highest BCUT2D eigenvalue weighted by Crippen LogP contribution is 1.91. The van der Waals surface area contributed by atoms with Crippen LogP contribution in [0.15, 0.2) is 4.99 Å². The zero-order chi connectivity index (χ0) is 15.9. The summed E-state index contributed by atoms with van der Waals surface area (Å²) in [5.41, 5.74) is 0. The lowest BCUT2D eigenvalue weighted by atomic mass is 10.2. The summed E-state index contributed by atoms with van der Waals surface area (Å²) in [5, 5.41) is 9.27. The van der Waals surface area contributed by atoms with Gasteiger partial charge in [0.1, 0.15) is 0 Å². The van der Waals surface area contributed by atoms with Crippen molar-refractivity contribution in [1.29, 1.82) is 0 Å². The predicted octanol–water partition coefficient (Wildman–Crippen LogP) is 1.75. The number of unbranched alkanes of at least 4 members (excludes halogenated alkanes) is 1. The molecule has 0 aromatic heterocycles. The van der Waals surface area contributed by atoms with E-state index in [1.807, 2.05) is 27.7 Å². The second kappa shape index (κ2) is 16.8. The van der Waals surface area contributed by atoms with E-state index in [-0.39, 0.29) is 35.8 Å². The van der Waals surface area contributed by atoms with E-state index in [2.05, 4.69) is 20.9 Å². The van der Waals surface area contributed by atoms with Crippen LogP contribution in [0.2, 0.25) is 0 Å². The monoisotopic (exact) mass is 428 g/mol. The molecule has 3 N–H and O–H groups in total. The second-order valence-corrected chi connectivity index (χ2v) is 5.04. The van der Waals surface area contributed by atoms with Crippen molar-refractivity contribution in [2.24, 2.45) is 10.9 Å². The maximum Gasteiger partial charge on any atom is 0.222 e. The number of ether oxygens (including phenoxy) is 1. The van der Waals surface area contributed by atoms with E-state index in [4.69, 9.17) is 4.74 Å². The summed E-state index contributed by atoms with van der Waals surface area (Å²) < 4.78 is 5.29. The third kappa shape index (κ3) is 14.4. The van der Waals surface area contributed by atoms with Crippen molar-refractivity contribution in [3.05, 3.63) is 0 Å². The van der Waals surface area contributed by atoms with Crippen molar-refractivity contribution >= 4 is 35.8 Å². The highest BCUT2D eigenvalue weighted by atomic mass is 127. The molecule has 0 aliphatic carbocycles. The van der Waals surface area contributed by atoms with Crippen molar-refractivity contribution in [3.8, 4) is 0 Å². The minimum Gasteiger partial charge on any atom is -0.382 e. The summed E-state index contributed by atoms with van der Waals surface area (Å²) in [7, 11) is 0. The Hall–Kier alpha value is -0.570. The lowest BCUT2D eigenvalue weighted by Crippen LogP contribution is -2.42. The Balaban J connectivity index is 0. The minimum atomic E-state index is 0. The van der Waals surface area contributed by atoms with Gasteiger partial charge in [0.25, 0.3) is 0 Å². The molecule has 1 amide bonds. The molecule has 0 radical (unpaired) electrons. The number of carbonyl (C=O) groups excluding carboxylic acids is 1. The fourth-order valence-electron chi connectivity index (χ4n) is 1.56. The van der Waals surface area contributed by atoms with Crippen LogP contribution in [0, 0.1) is 5.92 Å². The van der Waals surface area contributed by atoms with Crippen LogP contribution in [-0.2, 0) is 9.53 Å². The van der Waals surface area contributed by atoms with Gasteiger partial charge in [-0.1, -0.05) is 13.8 Å². The summed E-state index contributed by atoms with van der Waals surface area (Å²) in [6.45, 7) is 12.3. The molecule has 132 valence electrons. The van der Waals surface area contributed by atoms with Crippen LogP contribution in [0.4, 0.5) is 0 Å². The second-order valence-electron chi connectivity index (χ2n) is 5.04. The SMILES string of the molecule is CCNC(=NCCCCOCC)NCCNC(=O)C(C)C.I. The Labute approximate surface area is 152 Å². The van der Waals surface area contributed by atoms with Crippen LogP contribution in [0.1, 0.15) is 40.5 Å². The zero-order valence-electron chi connectivity index (χ0n) is 14.4. The Morgan fingerprint density at radius 3 is 2.36 bits per heavy atom. The van der Waals surface area contributed by atoms with Crippen molar-refractivity contribution < 1.29 is 9.53 Å². The molecule has 0 aromatic rings. The van der Waals surface area contributed by atoms with Gasteiger partial charge >= 0.3 is 0 Å². The lowest BCUT2D eigenvalue weighted by molar-refractivity contribution is -0.123. The first-order chi connectivity index (χ1) is 10.1. The van der Waals surface area contributed by atoms with E-state index >= 15 is 0 Å². The lowest BCUT2D eigenvalue weighted by Gasteiger charge is -2.12. The van der Waals surface area contributed by atoms with Crippen molar-refractivity contribution in [3.63, 3.8) is 0 Å². The largest absolute Gasteiger partial charge is 0.382 e. The number of carbonyl (C=O) groups is 1. The van der Waals surface area contributed by atoms with Crippen LogP contribution in [0.5, 0.6) is 0 Å². The number of nitrogens with zero attached hydrogens (tertiary/aromatic N) is 1. The quantitative estimate of drug-likeness (QED) is 0.203. The number of nitrogens with one attached hydrogen (secondary N) is 3. The van der Waals surface area contributed by atoms with Gasteiger partial charge in [-0.15, -0.1) is 24.0 Å². The van der Waals surface area contributed by atoms with Gasteiger partial charge in [0.2, 0.25) is 5.91 Å². The van der Waals surface area contributed by atoms with E-state index in [0.717, 1.165) is 45.1 Å². The molecule has 0 saturated heterocycles. The number of guanidine groups is 1. The Kier molecular flexibility index (Phi) is 18.1. The van der Waals surface area contributed by atoms with Gasteiger partial charge in [0.15, 0.2) is 5.96 Å². The van der Waals surface area contributed by atoms with Crippen molar-refractivity contribution in [2.45, 2.75) is 40.5 Å². The van der Waals surface area contributed by atoms with Gasteiger partial charge in [-0.3, -0.25) is 9.79 Å². The molecule has 0 unspecified atom stereocenters. The Morgan fingerprint density at radius 2 is 1.77 bits per heavy atom. The number of hydrogen-bond donors (Lipinski definition) is 3. The van der Waals surface area contributed by atoms with Crippen LogP contribution >= 0.6 is 24.0 Å². The summed E-state index contributed by atoms with van der Waals surface area (Å²) in [5.74, 6) is 0.902. The average Bonchev–Trinajstić information content (AvgIpc) is 2.46. The van der Waals surface area contributed by atoms with Gasteiger partial charge in [-0.25, -0.2) is 0 Å². The van der Waals surface area contributed by atoms with Crippen LogP contribution in [0.25, 0.3) is 0 Å². The van der Waals surface area contributed by atoms with E-state index in [0.29, 0.717) is 13.1 Å². The third-order valence-electron chi connectivity index (χ3n) is 2.76. The van der Waals surface area contributed by atoms with E-state index in [9.17, 15) is 4.79 Å². The van der Waals surface area contributed by atoms with Gasteiger partial charge in [-0.2, -0.15) is 0 Å². The molecule has 0 heterocycles. The summed E-state index contributed by atoms with van der Waals surface area (Å²) in [4.78, 5) is 15.9. The summed E-state index contributed by atoms with van der Waals surface area (Å²) in [6, 6.07) is 0. The molecule has 6 nitrogen and oxygen atoms in total. The average molecular weight is 428 g/mol. The van der Waals surface area contributed by atoms with Crippen LogP contribution in [0.3, 0.4) is 0 Å². The molecular formula is C15H33IN4O2. The smallest absolute Gasteiger partial charge is 0.222 e. The zero-order valence-corrected chi connectivity index (χ0v) is 16.7. The molecule has 0 aromatic carbocycles. The fraction of sp³-hybridized carbons (Fsp3) is 0.867. The summed E-state index contributed by atoms with van der Waals surface area (Å²) in [6.07, 6.45) is 2.04. The molecule has 7 heteroatoms. The molecular weight excluding hydrogens is 395 g/mol. The van der Waals surface area contributed by atoms with E-state index in [1.54, 1.807) is 0 Å². The highest BCUT2D eigenvalue weighted by Gasteiger charge is 2.05. The first-order valence-corrected chi connectivity index (χ1v) is 7.99.